The molecule has 0 spiro atoms. The highest BCUT2D eigenvalue weighted by Gasteiger charge is 2.09. The predicted molar refractivity (Wildman–Crippen MR) is 75.4 cm³/mol. The van der Waals surface area contributed by atoms with Crippen molar-refractivity contribution in [2.45, 2.75) is 12.5 Å². The maximum atomic E-state index is 6.26. The number of fused-ring (bicyclic) bond motifs is 1. The molecule has 3 aromatic rings. The average molecular weight is 236 g/mol. The van der Waals surface area contributed by atoms with E-state index in [0.717, 1.165) is 17.6 Å². The molecule has 1 atom stereocenters. The fourth-order valence-electron chi connectivity index (χ4n) is 2.27. The lowest BCUT2D eigenvalue weighted by Crippen LogP contribution is -2.13. The molecule has 18 heavy (non-hydrogen) atoms. The zero-order chi connectivity index (χ0) is 12.4. The number of para-hydroxylation sites is 1. The second-order valence-corrected chi connectivity index (χ2v) is 4.61. The predicted octanol–water partition coefficient (Wildman–Crippen LogP) is 3.41. The van der Waals surface area contributed by atoms with Crippen molar-refractivity contribution in [3.05, 3.63) is 71.9 Å². The summed E-state index contributed by atoms with van der Waals surface area (Å²) in [5, 5.41) is 1.22. The van der Waals surface area contributed by atoms with Crippen LogP contribution in [0.2, 0.25) is 0 Å². The maximum absolute atomic E-state index is 6.26. The summed E-state index contributed by atoms with van der Waals surface area (Å²) in [7, 11) is 0. The summed E-state index contributed by atoms with van der Waals surface area (Å²) >= 11 is 0. The SMILES string of the molecule is N[C@H](Cc1ccccc1)c1cc2ccccc2[nH]1. The molecule has 2 nitrogen and oxygen atoms in total. The molecule has 0 aliphatic rings. The number of hydrogen-bond acceptors (Lipinski definition) is 1. The Morgan fingerprint density at radius 1 is 0.944 bits per heavy atom. The van der Waals surface area contributed by atoms with Gasteiger partial charge in [0, 0.05) is 17.3 Å². The van der Waals surface area contributed by atoms with Gasteiger partial charge in [0.2, 0.25) is 0 Å². The zero-order valence-electron chi connectivity index (χ0n) is 10.1. The van der Waals surface area contributed by atoms with E-state index in [-0.39, 0.29) is 6.04 Å². The van der Waals surface area contributed by atoms with Crippen molar-refractivity contribution in [2.24, 2.45) is 5.73 Å². The quantitative estimate of drug-likeness (QED) is 0.719. The Balaban J connectivity index is 1.86. The molecular weight excluding hydrogens is 220 g/mol. The summed E-state index contributed by atoms with van der Waals surface area (Å²) in [6.45, 7) is 0. The van der Waals surface area contributed by atoms with Crippen molar-refractivity contribution in [1.29, 1.82) is 0 Å². The lowest BCUT2D eigenvalue weighted by atomic mass is 10.0. The van der Waals surface area contributed by atoms with Crippen LogP contribution in [0.25, 0.3) is 10.9 Å². The summed E-state index contributed by atoms with van der Waals surface area (Å²) in [6.07, 6.45) is 0.855. The molecule has 0 radical (unpaired) electrons. The Hall–Kier alpha value is -2.06. The van der Waals surface area contributed by atoms with Crippen LogP contribution in [-0.2, 0) is 6.42 Å². The van der Waals surface area contributed by atoms with Gasteiger partial charge in [-0.2, -0.15) is 0 Å². The van der Waals surface area contributed by atoms with Gasteiger partial charge in [0.05, 0.1) is 0 Å². The molecule has 0 fully saturated rings. The Morgan fingerprint density at radius 3 is 2.44 bits per heavy atom. The molecule has 1 heterocycles. The maximum Gasteiger partial charge on any atom is 0.0489 e. The molecular formula is C16H16N2. The highest BCUT2D eigenvalue weighted by Crippen LogP contribution is 2.21. The Morgan fingerprint density at radius 2 is 1.67 bits per heavy atom. The van der Waals surface area contributed by atoms with Gasteiger partial charge in [0.25, 0.3) is 0 Å². The Bertz CT molecular complexity index is 607. The van der Waals surface area contributed by atoms with Gasteiger partial charge in [-0.05, 0) is 29.5 Å². The molecule has 0 aliphatic carbocycles. The van der Waals surface area contributed by atoms with Gasteiger partial charge in [-0.3, -0.25) is 0 Å². The molecule has 0 amide bonds. The molecule has 2 aromatic carbocycles. The molecule has 0 saturated carbocycles. The molecule has 3 rings (SSSR count). The number of aromatic amines is 1. The minimum Gasteiger partial charge on any atom is -0.357 e. The van der Waals surface area contributed by atoms with Gasteiger partial charge in [0.15, 0.2) is 0 Å². The highest BCUT2D eigenvalue weighted by atomic mass is 14.8. The number of aromatic nitrogens is 1. The summed E-state index contributed by atoms with van der Waals surface area (Å²) in [5.74, 6) is 0. The topological polar surface area (TPSA) is 41.8 Å². The van der Waals surface area contributed by atoms with Crippen LogP contribution >= 0.6 is 0 Å². The van der Waals surface area contributed by atoms with Crippen LogP contribution in [0.5, 0.6) is 0 Å². The molecule has 0 unspecified atom stereocenters. The van der Waals surface area contributed by atoms with Crippen molar-refractivity contribution in [2.75, 3.05) is 0 Å². The Labute approximate surface area is 106 Å². The number of benzene rings is 2. The van der Waals surface area contributed by atoms with Gasteiger partial charge < -0.3 is 10.7 Å². The van der Waals surface area contributed by atoms with Gasteiger partial charge in [-0.15, -0.1) is 0 Å². The third kappa shape index (κ3) is 2.15. The van der Waals surface area contributed by atoms with Gasteiger partial charge in [-0.25, -0.2) is 0 Å². The fraction of sp³-hybridized carbons (Fsp3) is 0.125. The van der Waals surface area contributed by atoms with Crippen molar-refractivity contribution >= 4 is 10.9 Å². The first kappa shape index (κ1) is 11.1. The molecule has 0 saturated heterocycles. The summed E-state index contributed by atoms with van der Waals surface area (Å²) in [5.41, 5.74) is 9.77. The van der Waals surface area contributed by atoms with E-state index >= 15 is 0 Å². The third-order valence-corrected chi connectivity index (χ3v) is 3.25. The monoisotopic (exact) mass is 236 g/mol. The zero-order valence-corrected chi connectivity index (χ0v) is 10.1. The van der Waals surface area contributed by atoms with E-state index in [2.05, 4.69) is 35.3 Å². The minimum atomic E-state index is 0.0137. The van der Waals surface area contributed by atoms with Crippen LogP contribution in [0.15, 0.2) is 60.7 Å². The second kappa shape index (κ2) is 4.67. The first-order valence-electron chi connectivity index (χ1n) is 6.20. The number of nitrogens with two attached hydrogens (primary N) is 1. The number of hydrogen-bond donors (Lipinski definition) is 2. The van der Waals surface area contributed by atoms with Crippen molar-refractivity contribution in [3.8, 4) is 0 Å². The van der Waals surface area contributed by atoms with E-state index in [1.165, 1.54) is 10.9 Å². The van der Waals surface area contributed by atoms with Crippen LogP contribution in [0.3, 0.4) is 0 Å². The average Bonchev–Trinajstić information content (AvgIpc) is 2.84. The van der Waals surface area contributed by atoms with Crippen molar-refractivity contribution in [1.82, 2.24) is 4.98 Å². The summed E-state index contributed by atoms with van der Waals surface area (Å²) < 4.78 is 0. The number of nitrogens with one attached hydrogen (secondary N) is 1. The van der Waals surface area contributed by atoms with Crippen molar-refractivity contribution in [3.63, 3.8) is 0 Å². The van der Waals surface area contributed by atoms with Gasteiger partial charge in [0.1, 0.15) is 0 Å². The summed E-state index contributed by atoms with van der Waals surface area (Å²) in [6, 6.07) is 20.8. The smallest absolute Gasteiger partial charge is 0.0489 e. The van der Waals surface area contributed by atoms with Crippen molar-refractivity contribution < 1.29 is 0 Å². The molecule has 3 N–H and O–H groups in total. The van der Waals surface area contributed by atoms with E-state index in [4.69, 9.17) is 5.73 Å². The lowest BCUT2D eigenvalue weighted by molar-refractivity contribution is 0.704. The van der Waals surface area contributed by atoms with Crippen LogP contribution in [0.4, 0.5) is 0 Å². The summed E-state index contributed by atoms with van der Waals surface area (Å²) in [4.78, 5) is 3.39. The fourth-order valence-corrected chi connectivity index (χ4v) is 2.27. The van der Waals surface area contributed by atoms with E-state index < -0.39 is 0 Å². The van der Waals surface area contributed by atoms with Gasteiger partial charge >= 0.3 is 0 Å². The number of H-pyrrole nitrogens is 1. The third-order valence-electron chi connectivity index (χ3n) is 3.25. The van der Waals surface area contributed by atoms with Crippen LogP contribution in [0, 0.1) is 0 Å². The minimum absolute atomic E-state index is 0.0137. The molecule has 0 aliphatic heterocycles. The molecule has 1 aromatic heterocycles. The first-order valence-corrected chi connectivity index (χ1v) is 6.20. The highest BCUT2D eigenvalue weighted by molar-refractivity contribution is 5.80. The first-order chi connectivity index (χ1) is 8.83. The molecule has 2 heteroatoms. The van der Waals surface area contributed by atoms with E-state index in [0.29, 0.717) is 0 Å². The van der Waals surface area contributed by atoms with Crippen LogP contribution in [0.1, 0.15) is 17.3 Å². The Kier molecular flexibility index (Phi) is 2.87. The molecule has 90 valence electrons. The largest absolute Gasteiger partial charge is 0.357 e. The molecule has 0 bridgehead atoms. The van der Waals surface area contributed by atoms with E-state index in [1.807, 2.05) is 30.3 Å². The second-order valence-electron chi connectivity index (χ2n) is 4.61. The standard InChI is InChI=1S/C16H16N2/c17-14(10-12-6-2-1-3-7-12)16-11-13-8-4-5-9-15(13)18-16/h1-9,11,14,18H,10,17H2/t14-/m1/s1. The van der Waals surface area contributed by atoms with Crippen LogP contribution in [-0.4, -0.2) is 4.98 Å². The van der Waals surface area contributed by atoms with E-state index in [9.17, 15) is 0 Å². The van der Waals surface area contributed by atoms with Crippen LogP contribution < -0.4 is 5.73 Å². The lowest BCUT2D eigenvalue weighted by Gasteiger charge is -2.09. The van der Waals surface area contributed by atoms with E-state index in [1.54, 1.807) is 0 Å². The van der Waals surface area contributed by atoms with Gasteiger partial charge in [-0.1, -0.05) is 48.5 Å². The number of rotatable bonds is 3. The normalized spacial score (nSPS) is 12.7.